The van der Waals surface area contributed by atoms with Crippen LogP contribution >= 0.6 is 12.2 Å². The minimum Gasteiger partial charge on any atom is -0.388 e. The highest BCUT2D eigenvalue weighted by Crippen LogP contribution is 2.14. The number of thiocarbonyl (C=S) groups is 1. The van der Waals surface area contributed by atoms with E-state index in [0.29, 0.717) is 18.7 Å². The highest BCUT2D eigenvalue weighted by Gasteiger charge is 2.22. The van der Waals surface area contributed by atoms with Crippen molar-refractivity contribution in [3.8, 4) is 0 Å². The van der Waals surface area contributed by atoms with Gasteiger partial charge < -0.3 is 16.0 Å². The van der Waals surface area contributed by atoms with Crippen molar-refractivity contribution in [3.63, 3.8) is 0 Å². The molecular weight excluding hydrogens is 248 g/mol. The number of likely N-dealkylation sites (N-methyl/N-ethyl adjacent to an activating group) is 1. The standard InChI is InChI=1S/C12H16N4OS/c1-16-7-8(5-6-11(16)17)14-10-4-2-3-9(15-10)12(13)18/h2-4,8H,5-7H2,1H3,(H2,13,18)(H,14,15). The maximum atomic E-state index is 11.4. The van der Waals surface area contributed by atoms with Gasteiger partial charge in [0.05, 0.1) is 5.69 Å². The van der Waals surface area contributed by atoms with E-state index in [0.717, 1.165) is 12.2 Å². The van der Waals surface area contributed by atoms with Crippen molar-refractivity contribution in [2.75, 3.05) is 18.9 Å². The summed E-state index contributed by atoms with van der Waals surface area (Å²) in [7, 11) is 1.81. The van der Waals surface area contributed by atoms with Crippen molar-refractivity contribution >= 4 is 28.9 Å². The van der Waals surface area contributed by atoms with Gasteiger partial charge in [-0.15, -0.1) is 0 Å². The molecule has 96 valence electrons. The normalized spacial score (nSPS) is 19.7. The van der Waals surface area contributed by atoms with Crippen molar-refractivity contribution < 1.29 is 4.79 Å². The summed E-state index contributed by atoms with van der Waals surface area (Å²) >= 11 is 4.89. The van der Waals surface area contributed by atoms with Crippen LogP contribution in [0.2, 0.25) is 0 Å². The molecule has 0 aromatic carbocycles. The molecule has 1 fully saturated rings. The van der Waals surface area contributed by atoms with E-state index in [1.807, 2.05) is 19.2 Å². The zero-order valence-corrected chi connectivity index (χ0v) is 11.0. The summed E-state index contributed by atoms with van der Waals surface area (Å²) in [5.74, 6) is 0.936. The molecule has 1 atom stereocenters. The SMILES string of the molecule is CN1CC(Nc2cccc(C(N)=S)n2)CCC1=O. The summed E-state index contributed by atoms with van der Waals surface area (Å²) in [5.41, 5.74) is 6.15. The molecule has 1 unspecified atom stereocenters. The number of nitrogens with one attached hydrogen (secondary N) is 1. The number of hydrogen-bond donors (Lipinski definition) is 2. The first-order valence-electron chi connectivity index (χ1n) is 5.83. The van der Waals surface area contributed by atoms with Gasteiger partial charge in [-0.1, -0.05) is 18.3 Å². The molecule has 0 saturated carbocycles. The lowest BCUT2D eigenvalue weighted by atomic mass is 10.1. The van der Waals surface area contributed by atoms with E-state index >= 15 is 0 Å². The molecule has 1 aliphatic heterocycles. The number of nitrogens with two attached hydrogens (primary N) is 1. The van der Waals surface area contributed by atoms with Crippen LogP contribution in [-0.4, -0.2) is 40.4 Å². The fraction of sp³-hybridized carbons (Fsp3) is 0.417. The molecule has 0 bridgehead atoms. The van der Waals surface area contributed by atoms with Crippen LogP contribution in [0.4, 0.5) is 5.82 Å². The maximum absolute atomic E-state index is 11.4. The number of nitrogens with zero attached hydrogens (tertiary/aromatic N) is 2. The first-order valence-corrected chi connectivity index (χ1v) is 6.24. The van der Waals surface area contributed by atoms with Gasteiger partial charge in [-0.25, -0.2) is 4.98 Å². The molecule has 0 spiro atoms. The number of anilines is 1. The van der Waals surface area contributed by atoms with Crippen LogP contribution in [-0.2, 0) is 4.79 Å². The van der Waals surface area contributed by atoms with Crippen molar-refractivity contribution in [3.05, 3.63) is 23.9 Å². The number of amides is 1. The Morgan fingerprint density at radius 2 is 2.39 bits per heavy atom. The Labute approximate surface area is 111 Å². The van der Waals surface area contributed by atoms with Crippen LogP contribution in [0.25, 0.3) is 0 Å². The van der Waals surface area contributed by atoms with Gasteiger partial charge in [-0.3, -0.25) is 4.79 Å². The van der Waals surface area contributed by atoms with Gasteiger partial charge in [0.25, 0.3) is 0 Å². The molecule has 1 saturated heterocycles. The molecule has 1 aliphatic rings. The number of carbonyl (C=O) groups is 1. The summed E-state index contributed by atoms with van der Waals surface area (Å²) in [5, 5.41) is 3.31. The maximum Gasteiger partial charge on any atom is 0.222 e. The molecule has 5 nitrogen and oxygen atoms in total. The van der Waals surface area contributed by atoms with Crippen LogP contribution in [0.15, 0.2) is 18.2 Å². The monoisotopic (exact) mass is 264 g/mol. The average molecular weight is 264 g/mol. The minimum absolute atomic E-state index is 0.192. The van der Waals surface area contributed by atoms with E-state index in [9.17, 15) is 4.79 Å². The van der Waals surface area contributed by atoms with E-state index in [2.05, 4.69) is 10.3 Å². The van der Waals surface area contributed by atoms with Crippen molar-refractivity contribution in [1.29, 1.82) is 0 Å². The molecule has 1 aromatic rings. The summed E-state index contributed by atoms with van der Waals surface area (Å²) in [6.07, 6.45) is 1.39. The Morgan fingerprint density at radius 3 is 3.06 bits per heavy atom. The molecule has 2 rings (SSSR count). The number of pyridine rings is 1. The Hall–Kier alpha value is -1.69. The van der Waals surface area contributed by atoms with Crippen LogP contribution in [0.1, 0.15) is 18.5 Å². The van der Waals surface area contributed by atoms with Crippen LogP contribution in [0, 0.1) is 0 Å². The Balaban J connectivity index is 2.03. The minimum atomic E-state index is 0.192. The van der Waals surface area contributed by atoms with Gasteiger partial charge in [0.2, 0.25) is 5.91 Å². The first-order chi connectivity index (χ1) is 8.56. The Bertz CT molecular complexity index is 477. The fourth-order valence-electron chi connectivity index (χ4n) is 1.99. The largest absolute Gasteiger partial charge is 0.388 e. The number of likely N-dealkylation sites (tertiary alicyclic amines) is 1. The number of carbonyl (C=O) groups excluding carboxylic acids is 1. The summed E-state index contributed by atoms with van der Waals surface area (Å²) in [6, 6.07) is 5.74. The predicted molar refractivity (Wildman–Crippen MR) is 74.4 cm³/mol. The Kier molecular flexibility index (Phi) is 3.76. The van der Waals surface area contributed by atoms with Gasteiger partial charge in [0, 0.05) is 26.1 Å². The number of rotatable bonds is 3. The zero-order chi connectivity index (χ0) is 13.1. The van der Waals surface area contributed by atoms with Gasteiger partial charge in [-0.05, 0) is 18.6 Å². The molecule has 1 aromatic heterocycles. The van der Waals surface area contributed by atoms with Crippen molar-refractivity contribution in [1.82, 2.24) is 9.88 Å². The molecule has 1 amide bonds. The van der Waals surface area contributed by atoms with Crippen molar-refractivity contribution in [2.45, 2.75) is 18.9 Å². The van der Waals surface area contributed by atoms with Gasteiger partial charge >= 0.3 is 0 Å². The third-order valence-electron chi connectivity index (χ3n) is 2.98. The predicted octanol–water partition coefficient (Wildman–Crippen LogP) is 0.748. The second-order valence-electron chi connectivity index (χ2n) is 4.43. The van der Waals surface area contributed by atoms with Crippen molar-refractivity contribution in [2.24, 2.45) is 5.73 Å². The summed E-state index contributed by atoms with van der Waals surface area (Å²) < 4.78 is 0. The van der Waals surface area contributed by atoms with Gasteiger partial charge in [-0.2, -0.15) is 0 Å². The third kappa shape index (κ3) is 2.95. The van der Waals surface area contributed by atoms with Gasteiger partial charge in [0.1, 0.15) is 10.8 Å². The lowest BCUT2D eigenvalue weighted by Crippen LogP contribution is -2.43. The third-order valence-corrected chi connectivity index (χ3v) is 3.19. The van der Waals surface area contributed by atoms with E-state index in [1.54, 1.807) is 11.0 Å². The molecule has 6 heteroatoms. The molecule has 0 radical (unpaired) electrons. The molecule has 0 aliphatic carbocycles. The number of aromatic nitrogens is 1. The first kappa shape index (κ1) is 12.8. The molecule has 18 heavy (non-hydrogen) atoms. The zero-order valence-electron chi connectivity index (χ0n) is 10.2. The number of piperidine rings is 1. The lowest BCUT2D eigenvalue weighted by molar-refractivity contribution is -0.132. The fourth-order valence-corrected chi connectivity index (χ4v) is 2.11. The highest BCUT2D eigenvalue weighted by atomic mass is 32.1. The Morgan fingerprint density at radius 1 is 1.61 bits per heavy atom. The molecule has 2 heterocycles. The van der Waals surface area contributed by atoms with Gasteiger partial charge in [0.15, 0.2) is 0 Å². The average Bonchev–Trinajstić information content (AvgIpc) is 2.34. The second kappa shape index (κ2) is 5.30. The van der Waals surface area contributed by atoms with Crippen LogP contribution in [0.3, 0.4) is 0 Å². The smallest absolute Gasteiger partial charge is 0.222 e. The summed E-state index contributed by atoms with van der Waals surface area (Å²) in [4.78, 5) is 17.7. The topological polar surface area (TPSA) is 71.2 Å². The quantitative estimate of drug-likeness (QED) is 0.788. The van der Waals surface area contributed by atoms with Crippen LogP contribution in [0.5, 0.6) is 0 Å². The van der Waals surface area contributed by atoms with E-state index in [4.69, 9.17) is 18.0 Å². The number of hydrogen-bond acceptors (Lipinski definition) is 4. The lowest BCUT2D eigenvalue weighted by Gasteiger charge is -2.30. The van der Waals surface area contributed by atoms with E-state index in [1.165, 1.54) is 0 Å². The summed E-state index contributed by atoms with van der Waals surface area (Å²) in [6.45, 7) is 0.692. The van der Waals surface area contributed by atoms with Crippen LogP contribution < -0.4 is 11.1 Å². The molecular formula is C12H16N4OS. The highest BCUT2D eigenvalue weighted by molar-refractivity contribution is 7.80. The second-order valence-corrected chi connectivity index (χ2v) is 4.87. The molecule has 3 N–H and O–H groups in total. The van der Waals surface area contributed by atoms with E-state index in [-0.39, 0.29) is 16.9 Å². The van der Waals surface area contributed by atoms with E-state index < -0.39 is 0 Å².